The molecule has 0 aliphatic rings. The van der Waals surface area contributed by atoms with Crippen molar-refractivity contribution in [1.29, 1.82) is 0 Å². The van der Waals surface area contributed by atoms with Gasteiger partial charge in [0.1, 0.15) is 12.4 Å². The normalized spacial score (nSPS) is 10.8. The molecule has 0 bridgehead atoms. The molecular weight excluding hydrogens is 393 g/mol. The molecule has 0 aromatic heterocycles. The smallest absolute Gasteiger partial charge is 0.191 e. The zero-order valence-electron chi connectivity index (χ0n) is 13.7. The Morgan fingerprint density at radius 2 is 1.82 bits per heavy atom. The van der Waals surface area contributed by atoms with Crippen LogP contribution < -0.4 is 15.4 Å². The third-order valence-electron chi connectivity index (χ3n) is 2.74. The average Bonchev–Trinajstić information content (AvgIpc) is 2.49. The molecule has 0 atom stereocenters. The molecule has 0 spiro atoms. The number of hydrogen-bond acceptors (Lipinski definition) is 3. The zero-order valence-corrected chi connectivity index (χ0v) is 16.1. The summed E-state index contributed by atoms with van der Waals surface area (Å²) in [6, 6.07) is 8.05. The van der Waals surface area contributed by atoms with Crippen LogP contribution in [0.15, 0.2) is 29.3 Å². The molecule has 1 aromatic rings. The Labute approximate surface area is 150 Å². The van der Waals surface area contributed by atoms with Crippen molar-refractivity contribution in [2.45, 2.75) is 20.8 Å². The van der Waals surface area contributed by atoms with Crippen molar-refractivity contribution in [3.05, 3.63) is 29.8 Å². The average molecular weight is 421 g/mol. The molecule has 0 saturated heterocycles. The molecule has 5 nitrogen and oxygen atoms in total. The Balaban J connectivity index is 0.00000441. The van der Waals surface area contributed by atoms with Gasteiger partial charge in [-0.15, -0.1) is 24.0 Å². The van der Waals surface area contributed by atoms with Gasteiger partial charge in [-0.25, -0.2) is 0 Å². The van der Waals surface area contributed by atoms with Crippen LogP contribution in [0, 0.1) is 6.92 Å². The van der Waals surface area contributed by atoms with Gasteiger partial charge in [0, 0.05) is 13.2 Å². The van der Waals surface area contributed by atoms with Gasteiger partial charge in [0.2, 0.25) is 0 Å². The Hall–Kier alpha value is -1.02. The molecule has 0 radical (unpaired) electrons. The maximum Gasteiger partial charge on any atom is 0.191 e. The molecule has 0 fully saturated rings. The summed E-state index contributed by atoms with van der Waals surface area (Å²) in [5.74, 6) is 1.69. The second-order valence-electron chi connectivity index (χ2n) is 4.55. The minimum absolute atomic E-state index is 0. The van der Waals surface area contributed by atoms with Crippen molar-refractivity contribution in [2.24, 2.45) is 4.99 Å². The van der Waals surface area contributed by atoms with Gasteiger partial charge in [0.25, 0.3) is 0 Å². The molecule has 0 aliphatic carbocycles. The Bertz CT molecular complexity index is 410. The molecule has 1 aromatic carbocycles. The fourth-order valence-corrected chi connectivity index (χ4v) is 1.68. The van der Waals surface area contributed by atoms with Gasteiger partial charge in [0.15, 0.2) is 5.96 Å². The molecular formula is C16H28IN3O2. The summed E-state index contributed by atoms with van der Waals surface area (Å²) in [6.07, 6.45) is 0. The molecule has 22 heavy (non-hydrogen) atoms. The molecule has 0 unspecified atom stereocenters. The number of guanidine groups is 1. The van der Waals surface area contributed by atoms with E-state index in [1.165, 1.54) is 5.56 Å². The third kappa shape index (κ3) is 9.83. The lowest BCUT2D eigenvalue weighted by atomic mass is 10.2. The van der Waals surface area contributed by atoms with Gasteiger partial charge in [-0.05, 0) is 32.9 Å². The number of aryl methyl sites for hydroxylation is 1. The van der Waals surface area contributed by atoms with Crippen LogP contribution in [0.1, 0.15) is 19.4 Å². The summed E-state index contributed by atoms with van der Waals surface area (Å²) in [6.45, 7) is 10.2. The first kappa shape index (κ1) is 21.0. The van der Waals surface area contributed by atoms with E-state index in [-0.39, 0.29) is 24.0 Å². The predicted octanol–water partition coefficient (Wildman–Crippen LogP) is 2.58. The quantitative estimate of drug-likeness (QED) is 0.279. The minimum atomic E-state index is 0. The van der Waals surface area contributed by atoms with Gasteiger partial charge in [-0.1, -0.05) is 17.7 Å². The largest absolute Gasteiger partial charge is 0.492 e. The summed E-state index contributed by atoms with van der Waals surface area (Å²) in [5.41, 5.74) is 1.23. The van der Waals surface area contributed by atoms with Crippen LogP contribution in [0.2, 0.25) is 0 Å². The highest BCUT2D eigenvalue weighted by atomic mass is 127. The highest BCUT2D eigenvalue weighted by molar-refractivity contribution is 14.0. The molecule has 0 aliphatic heterocycles. The first-order valence-electron chi connectivity index (χ1n) is 7.55. The number of ether oxygens (including phenoxy) is 2. The molecule has 0 heterocycles. The van der Waals surface area contributed by atoms with E-state index in [0.717, 1.165) is 24.9 Å². The third-order valence-corrected chi connectivity index (χ3v) is 2.74. The van der Waals surface area contributed by atoms with Crippen LogP contribution in [0.4, 0.5) is 0 Å². The predicted molar refractivity (Wildman–Crippen MR) is 103 cm³/mol. The molecule has 0 amide bonds. The van der Waals surface area contributed by atoms with Gasteiger partial charge in [0.05, 0.1) is 19.7 Å². The lowest BCUT2D eigenvalue weighted by molar-refractivity contribution is 0.155. The Morgan fingerprint density at radius 1 is 1.09 bits per heavy atom. The number of nitrogens with one attached hydrogen (secondary N) is 2. The molecule has 126 valence electrons. The second-order valence-corrected chi connectivity index (χ2v) is 4.55. The van der Waals surface area contributed by atoms with Crippen molar-refractivity contribution in [1.82, 2.24) is 10.6 Å². The highest BCUT2D eigenvalue weighted by Gasteiger charge is 1.97. The van der Waals surface area contributed by atoms with Crippen LogP contribution in [0.25, 0.3) is 0 Å². The van der Waals surface area contributed by atoms with Gasteiger partial charge < -0.3 is 20.1 Å². The molecule has 0 saturated carbocycles. The van der Waals surface area contributed by atoms with Crippen LogP contribution in [0.3, 0.4) is 0 Å². The van der Waals surface area contributed by atoms with E-state index < -0.39 is 0 Å². The minimum Gasteiger partial charge on any atom is -0.492 e. The van der Waals surface area contributed by atoms with Crippen molar-refractivity contribution in [3.63, 3.8) is 0 Å². The number of benzene rings is 1. The first-order chi connectivity index (χ1) is 10.3. The topological polar surface area (TPSA) is 54.9 Å². The first-order valence-corrected chi connectivity index (χ1v) is 7.55. The number of hydrogen-bond donors (Lipinski definition) is 2. The summed E-state index contributed by atoms with van der Waals surface area (Å²) in [5, 5.41) is 6.43. The van der Waals surface area contributed by atoms with Crippen molar-refractivity contribution < 1.29 is 9.47 Å². The summed E-state index contributed by atoms with van der Waals surface area (Å²) >= 11 is 0. The number of nitrogens with zero attached hydrogens (tertiary/aromatic N) is 1. The fourth-order valence-electron chi connectivity index (χ4n) is 1.68. The monoisotopic (exact) mass is 421 g/mol. The van der Waals surface area contributed by atoms with E-state index in [9.17, 15) is 0 Å². The fraction of sp³-hybridized carbons (Fsp3) is 0.562. The van der Waals surface area contributed by atoms with Crippen LogP contribution >= 0.6 is 24.0 Å². The van der Waals surface area contributed by atoms with Crippen molar-refractivity contribution in [3.8, 4) is 5.75 Å². The van der Waals surface area contributed by atoms with E-state index in [4.69, 9.17) is 9.47 Å². The molecule has 1 rings (SSSR count). The lowest BCUT2D eigenvalue weighted by Crippen LogP contribution is -2.39. The van der Waals surface area contributed by atoms with Gasteiger partial charge >= 0.3 is 0 Å². The Morgan fingerprint density at radius 3 is 2.45 bits per heavy atom. The van der Waals surface area contributed by atoms with E-state index in [2.05, 4.69) is 22.5 Å². The lowest BCUT2D eigenvalue weighted by Gasteiger charge is -2.12. The maximum atomic E-state index is 5.66. The number of halogens is 1. The van der Waals surface area contributed by atoms with Gasteiger partial charge in [-0.2, -0.15) is 0 Å². The van der Waals surface area contributed by atoms with E-state index >= 15 is 0 Å². The standard InChI is InChI=1S/C16H27N3O2.HI/c1-4-17-16(18-10-12-20-5-2)19-11-13-21-15-8-6-14(3)7-9-15;/h6-9H,4-5,10-13H2,1-3H3,(H2,17,18,19);1H. The Kier molecular flexibility index (Phi) is 13.0. The summed E-state index contributed by atoms with van der Waals surface area (Å²) in [7, 11) is 0. The SMILES string of the molecule is CCNC(=NCCOCC)NCCOc1ccc(C)cc1.I. The maximum absolute atomic E-state index is 5.66. The van der Waals surface area contributed by atoms with Gasteiger partial charge in [-0.3, -0.25) is 4.99 Å². The van der Waals surface area contributed by atoms with E-state index in [0.29, 0.717) is 26.3 Å². The van der Waals surface area contributed by atoms with Crippen molar-refractivity contribution >= 4 is 29.9 Å². The molecule has 2 N–H and O–H groups in total. The summed E-state index contributed by atoms with van der Waals surface area (Å²) in [4.78, 5) is 4.42. The van der Waals surface area contributed by atoms with E-state index in [1.54, 1.807) is 0 Å². The van der Waals surface area contributed by atoms with E-state index in [1.807, 2.05) is 38.1 Å². The van der Waals surface area contributed by atoms with Crippen LogP contribution in [-0.2, 0) is 4.74 Å². The second kappa shape index (κ2) is 13.6. The highest BCUT2D eigenvalue weighted by Crippen LogP contribution is 2.10. The molecule has 6 heteroatoms. The van der Waals surface area contributed by atoms with Crippen molar-refractivity contribution in [2.75, 3.05) is 39.5 Å². The van der Waals surface area contributed by atoms with Crippen LogP contribution in [0.5, 0.6) is 5.75 Å². The number of rotatable bonds is 9. The summed E-state index contributed by atoms with van der Waals surface area (Å²) < 4.78 is 10.9. The number of aliphatic imine (C=N–C) groups is 1. The van der Waals surface area contributed by atoms with Crippen LogP contribution in [-0.4, -0.2) is 45.4 Å². The zero-order chi connectivity index (χ0) is 15.3.